The summed E-state index contributed by atoms with van der Waals surface area (Å²) in [5.74, 6) is 2.98. The molecule has 23 heavy (non-hydrogen) atoms. The van der Waals surface area contributed by atoms with Crippen LogP contribution in [0.3, 0.4) is 0 Å². The standard InChI is InChI=1S/C22H30O/c1-4-14-12-19-15(13-21(14)23)6-8-18-17(19)10-11-22(3)16(5-2)7-9-20(18)22/h5,12-13,17-18,20,23H,4,6-11H2,1-3H3/t17-,18+,20-,22+/m0/s1. The van der Waals surface area contributed by atoms with Crippen molar-refractivity contribution in [3.63, 3.8) is 0 Å². The van der Waals surface area contributed by atoms with Crippen molar-refractivity contribution >= 4 is 0 Å². The summed E-state index contributed by atoms with van der Waals surface area (Å²) in [6, 6.07) is 4.42. The van der Waals surface area contributed by atoms with Crippen LogP contribution >= 0.6 is 0 Å². The van der Waals surface area contributed by atoms with E-state index in [2.05, 4.69) is 39.0 Å². The summed E-state index contributed by atoms with van der Waals surface area (Å²) >= 11 is 0. The van der Waals surface area contributed by atoms with Gasteiger partial charge in [0.15, 0.2) is 0 Å². The molecule has 1 heteroatoms. The van der Waals surface area contributed by atoms with E-state index in [-0.39, 0.29) is 0 Å². The van der Waals surface area contributed by atoms with Crippen LogP contribution in [0.4, 0.5) is 0 Å². The maximum absolute atomic E-state index is 10.2. The predicted molar refractivity (Wildman–Crippen MR) is 95.9 cm³/mol. The fourth-order valence-electron chi connectivity index (χ4n) is 6.26. The van der Waals surface area contributed by atoms with Gasteiger partial charge in [-0.15, -0.1) is 0 Å². The molecule has 3 aliphatic rings. The van der Waals surface area contributed by atoms with Crippen molar-refractivity contribution in [2.24, 2.45) is 17.3 Å². The summed E-state index contributed by atoms with van der Waals surface area (Å²) in [5, 5.41) is 10.2. The second kappa shape index (κ2) is 5.40. The SMILES string of the molecule is CC=C1CC[C@H]2[C@@H]3CCc4cc(O)c(CC)cc4[C@H]3CC[C@]12C. The van der Waals surface area contributed by atoms with Crippen molar-refractivity contribution < 1.29 is 5.11 Å². The monoisotopic (exact) mass is 310 g/mol. The summed E-state index contributed by atoms with van der Waals surface area (Å²) in [6.45, 7) is 6.93. The number of phenols is 1. The Balaban J connectivity index is 1.73. The molecule has 1 aromatic rings. The van der Waals surface area contributed by atoms with Crippen molar-refractivity contribution in [2.45, 2.75) is 71.6 Å². The minimum atomic E-state index is 0.470. The van der Waals surface area contributed by atoms with Crippen molar-refractivity contribution in [1.82, 2.24) is 0 Å². The third kappa shape index (κ3) is 2.12. The molecular formula is C22H30O. The van der Waals surface area contributed by atoms with Crippen molar-refractivity contribution in [2.75, 3.05) is 0 Å². The van der Waals surface area contributed by atoms with Gasteiger partial charge in [-0.2, -0.15) is 0 Å². The normalized spacial score (nSPS) is 37.3. The molecule has 2 fully saturated rings. The van der Waals surface area contributed by atoms with Crippen LogP contribution in [0.2, 0.25) is 0 Å². The van der Waals surface area contributed by atoms with E-state index in [1.807, 2.05) is 0 Å². The van der Waals surface area contributed by atoms with E-state index in [1.165, 1.54) is 37.7 Å². The van der Waals surface area contributed by atoms with Gasteiger partial charge >= 0.3 is 0 Å². The molecule has 0 aromatic heterocycles. The van der Waals surface area contributed by atoms with E-state index in [9.17, 15) is 5.11 Å². The van der Waals surface area contributed by atoms with Crippen LogP contribution in [-0.4, -0.2) is 5.11 Å². The number of rotatable bonds is 1. The summed E-state index contributed by atoms with van der Waals surface area (Å²) in [6.07, 6.45) is 11.2. The Morgan fingerprint density at radius 2 is 2.04 bits per heavy atom. The van der Waals surface area contributed by atoms with Gasteiger partial charge in [0, 0.05) is 0 Å². The predicted octanol–water partition coefficient (Wildman–Crippen LogP) is 5.76. The van der Waals surface area contributed by atoms with Gasteiger partial charge in [-0.05, 0) is 97.8 Å². The lowest BCUT2D eigenvalue weighted by molar-refractivity contribution is 0.0812. The van der Waals surface area contributed by atoms with Crippen molar-refractivity contribution in [3.8, 4) is 5.75 Å². The molecule has 0 aliphatic heterocycles. The third-order valence-electron chi connectivity index (χ3n) is 7.50. The number of phenolic OH excluding ortho intramolecular Hbond substituents is 1. The lowest BCUT2D eigenvalue weighted by atomic mass is 9.55. The molecule has 1 aromatic carbocycles. The molecule has 0 spiro atoms. The highest BCUT2D eigenvalue weighted by Crippen LogP contribution is 2.62. The number of fused-ring (bicyclic) bond motifs is 5. The minimum absolute atomic E-state index is 0.470. The molecular weight excluding hydrogens is 280 g/mol. The summed E-state index contributed by atoms with van der Waals surface area (Å²) in [7, 11) is 0. The fraction of sp³-hybridized carbons (Fsp3) is 0.636. The van der Waals surface area contributed by atoms with E-state index in [0.717, 1.165) is 36.2 Å². The average Bonchev–Trinajstić information content (AvgIpc) is 2.90. The van der Waals surface area contributed by atoms with E-state index in [1.54, 1.807) is 11.1 Å². The number of hydrogen-bond donors (Lipinski definition) is 1. The van der Waals surface area contributed by atoms with Crippen molar-refractivity contribution in [1.29, 1.82) is 0 Å². The molecule has 0 heterocycles. The van der Waals surface area contributed by atoms with E-state index in [4.69, 9.17) is 0 Å². The molecule has 0 unspecified atom stereocenters. The quantitative estimate of drug-likeness (QED) is 0.654. The highest BCUT2D eigenvalue weighted by Gasteiger charge is 2.52. The van der Waals surface area contributed by atoms with Crippen LogP contribution in [0.1, 0.15) is 75.5 Å². The van der Waals surface area contributed by atoms with Gasteiger partial charge in [-0.25, -0.2) is 0 Å². The van der Waals surface area contributed by atoms with Crippen LogP contribution in [0, 0.1) is 17.3 Å². The van der Waals surface area contributed by atoms with Crippen LogP contribution in [0.15, 0.2) is 23.8 Å². The molecule has 4 rings (SSSR count). The number of hydrogen-bond acceptors (Lipinski definition) is 1. The average molecular weight is 310 g/mol. The lowest BCUT2D eigenvalue weighted by Crippen LogP contribution is -2.40. The molecule has 124 valence electrons. The highest BCUT2D eigenvalue weighted by molar-refractivity contribution is 5.46. The van der Waals surface area contributed by atoms with E-state index >= 15 is 0 Å². The van der Waals surface area contributed by atoms with Crippen molar-refractivity contribution in [3.05, 3.63) is 40.5 Å². The smallest absolute Gasteiger partial charge is 0.119 e. The number of aromatic hydroxyl groups is 1. The Morgan fingerprint density at radius 1 is 1.22 bits per heavy atom. The summed E-state index contributed by atoms with van der Waals surface area (Å²) in [4.78, 5) is 0. The lowest BCUT2D eigenvalue weighted by Gasteiger charge is -2.49. The Labute approximate surface area is 140 Å². The van der Waals surface area contributed by atoms with Gasteiger partial charge in [-0.1, -0.05) is 31.6 Å². The molecule has 3 aliphatic carbocycles. The second-order valence-electron chi connectivity index (χ2n) is 8.26. The Hall–Kier alpha value is -1.24. The zero-order valence-electron chi connectivity index (χ0n) is 14.9. The first-order chi connectivity index (χ1) is 11.1. The Morgan fingerprint density at radius 3 is 2.78 bits per heavy atom. The van der Waals surface area contributed by atoms with Gasteiger partial charge in [0.05, 0.1) is 0 Å². The first-order valence-corrected chi connectivity index (χ1v) is 9.58. The van der Waals surface area contributed by atoms with E-state index < -0.39 is 0 Å². The topological polar surface area (TPSA) is 20.2 Å². The Kier molecular flexibility index (Phi) is 3.59. The summed E-state index contributed by atoms with van der Waals surface area (Å²) < 4.78 is 0. The van der Waals surface area contributed by atoms with Crippen LogP contribution < -0.4 is 0 Å². The largest absolute Gasteiger partial charge is 0.508 e. The first kappa shape index (κ1) is 15.3. The van der Waals surface area contributed by atoms with Gasteiger partial charge in [0.25, 0.3) is 0 Å². The minimum Gasteiger partial charge on any atom is -0.508 e. The number of allylic oxidation sites excluding steroid dienone is 2. The van der Waals surface area contributed by atoms with Gasteiger partial charge in [0.1, 0.15) is 5.75 Å². The molecule has 4 atom stereocenters. The van der Waals surface area contributed by atoms with Gasteiger partial charge in [-0.3, -0.25) is 0 Å². The first-order valence-electron chi connectivity index (χ1n) is 9.58. The fourth-order valence-corrected chi connectivity index (χ4v) is 6.26. The third-order valence-corrected chi connectivity index (χ3v) is 7.50. The van der Waals surface area contributed by atoms with Crippen LogP contribution in [0.25, 0.3) is 0 Å². The highest BCUT2D eigenvalue weighted by atomic mass is 16.3. The molecule has 0 radical (unpaired) electrons. The van der Waals surface area contributed by atoms with E-state index in [0.29, 0.717) is 11.2 Å². The molecule has 0 bridgehead atoms. The molecule has 1 N–H and O–H groups in total. The number of benzene rings is 1. The van der Waals surface area contributed by atoms with Gasteiger partial charge < -0.3 is 5.11 Å². The maximum Gasteiger partial charge on any atom is 0.119 e. The maximum atomic E-state index is 10.2. The zero-order valence-corrected chi connectivity index (χ0v) is 14.9. The molecule has 2 saturated carbocycles. The summed E-state index contributed by atoms with van der Waals surface area (Å²) in [5.41, 5.74) is 6.34. The van der Waals surface area contributed by atoms with Crippen LogP contribution in [0.5, 0.6) is 5.75 Å². The Bertz CT molecular complexity index is 656. The van der Waals surface area contributed by atoms with Crippen LogP contribution in [-0.2, 0) is 12.8 Å². The zero-order chi connectivity index (χ0) is 16.2. The number of aryl methyl sites for hydroxylation is 2. The molecule has 0 saturated heterocycles. The molecule has 0 amide bonds. The molecule has 1 nitrogen and oxygen atoms in total. The second-order valence-corrected chi connectivity index (χ2v) is 8.26. The van der Waals surface area contributed by atoms with Gasteiger partial charge in [0.2, 0.25) is 0 Å².